The van der Waals surface area contributed by atoms with Gasteiger partial charge >= 0.3 is 0 Å². The molecule has 2 N–H and O–H groups in total. The Morgan fingerprint density at radius 1 is 1.43 bits per heavy atom. The van der Waals surface area contributed by atoms with Crippen LogP contribution in [0.4, 0.5) is 5.82 Å². The van der Waals surface area contributed by atoms with E-state index < -0.39 is 0 Å². The van der Waals surface area contributed by atoms with E-state index in [9.17, 15) is 5.11 Å². The number of hydrogen-bond donors (Lipinski definition) is 2. The van der Waals surface area contributed by atoms with Gasteiger partial charge in [-0.05, 0) is 47.3 Å². The molecule has 1 aliphatic carbocycles. The predicted molar refractivity (Wildman–Crippen MR) is 59.2 cm³/mol. The van der Waals surface area contributed by atoms with Crippen molar-refractivity contribution in [3.05, 3.63) is 22.8 Å². The van der Waals surface area contributed by atoms with E-state index in [0.29, 0.717) is 0 Å². The zero-order valence-electron chi connectivity index (χ0n) is 7.78. The first-order chi connectivity index (χ1) is 6.75. The number of hydrogen-bond acceptors (Lipinski definition) is 3. The highest BCUT2D eigenvalue weighted by molar-refractivity contribution is 9.10. The lowest BCUT2D eigenvalue weighted by Gasteiger charge is -2.16. The molecule has 1 heterocycles. The van der Waals surface area contributed by atoms with Crippen molar-refractivity contribution in [3.63, 3.8) is 0 Å². The van der Waals surface area contributed by atoms with Gasteiger partial charge in [0.15, 0.2) is 0 Å². The van der Waals surface area contributed by atoms with Crippen LogP contribution >= 0.6 is 15.9 Å². The first kappa shape index (κ1) is 9.93. The number of halogens is 1. The van der Waals surface area contributed by atoms with E-state index in [-0.39, 0.29) is 12.1 Å². The molecule has 4 heteroatoms. The van der Waals surface area contributed by atoms with Crippen LogP contribution in [0.3, 0.4) is 0 Å². The Hall–Kier alpha value is -0.610. The van der Waals surface area contributed by atoms with Crippen LogP contribution < -0.4 is 5.32 Å². The SMILES string of the molecule is O[C@H]1CCC[C@@H]1Nc1ccc(Br)cn1. The van der Waals surface area contributed by atoms with E-state index >= 15 is 0 Å². The van der Waals surface area contributed by atoms with Gasteiger partial charge in [0.25, 0.3) is 0 Å². The number of rotatable bonds is 2. The van der Waals surface area contributed by atoms with Crippen LogP contribution in [0, 0.1) is 0 Å². The van der Waals surface area contributed by atoms with Crippen LogP contribution in [-0.2, 0) is 0 Å². The lowest BCUT2D eigenvalue weighted by atomic mass is 10.2. The van der Waals surface area contributed by atoms with E-state index in [2.05, 4.69) is 26.2 Å². The van der Waals surface area contributed by atoms with Crippen molar-refractivity contribution < 1.29 is 5.11 Å². The topological polar surface area (TPSA) is 45.1 Å². The molecule has 0 unspecified atom stereocenters. The van der Waals surface area contributed by atoms with E-state index in [1.54, 1.807) is 6.20 Å². The van der Waals surface area contributed by atoms with Gasteiger partial charge in [0.05, 0.1) is 12.1 Å². The van der Waals surface area contributed by atoms with Gasteiger partial charge in [-0.25, -0.2) is 4.98 Å². The molecule has 0 amide bonds. The van der Waals surface area contributed by atoms with E-state index in [1.165, 1.54) is 0 Å². The van der Waals surface area contributed by atoms with Gasteiger partial charge in [0.1, 0.15) is 5.82 Å². The number of nitrogens with one attached hydrogen (secondary N) is 1. The Balaban J connectivity index is 2.00. The van der Waals surface area contributed by atoms with Gasteiger partial charge in [-0.3, -0.25) is 0 Å². The van der Waals surface area contributed by atoms with Crippen molar-refractivity contribution in [1.82, 2.24) is 4.98 Å². The Morgan fingerprint density at radius 3 is 2.86 bits per heavy atom. The number of aromatic nitrogens is 1. The third-order valence-electron chi connectivity index (χ3n) is 2.54. The molecule has 1 aromatic rings. The summed E-state index contributed by atoms with van der Waals surface area (Å²) in [6, 6.07) is 4.02. The standard InChI is InChI=1S/C10H13BrN2O/c11-7-4-5-10(12-6-7)13-8-2-1-3-9(8)14/h4-6,8-9,14H,1-3H2,(H,12,13)/t8-,9-/m0/s1. The minimum atomic E-state index is -0.222. The molecule has 0 radical (unpaired) electrons. The molecule has 1 aromatic heterocycles. The van der Waals surface area contributed by atoms with Crippen molar-refractivity contribution in [1.29, 1.82) is 0 Å². The number of anilines is 1. The van der Waals surface area contributed by atoms with Crippen LogP contribution in [0.1, 0.15) is 19.3 Å². The monoisotopic (exact) mass is 256 g/mol. The third kappa shape index (κ3) is 2.25. The molecule has 0 bridgehead atoms. The highest BCUT2D eigenvalue weighted by Gasteiger charge is 2.24. The minimum absolute atomic E-state index is 0.170. The molecule has 0 spiro atoms. The molecular formula is C10H13BrN2O. The maximum Gasteiger partial charge on any atom is 0.126 e. The first-order valence-corrected chi connectivity index (χ1v) is 5.61. The fraction of sp³-hybridized carbons (Fsp3) is 0.500. The summed E-state index contributed by atoms with van der Waals surface area (Å²) >= 11 is 3.33. The molecule has 0 aliphatic heterocycles. The fourth-order valence-electron chi connectivity index (χ4n) is 1.76. The van der Waals surface area contributed by atoms with E-state index in [1.807, 2.05) is 12.1 Å². The van der Waals surface area contributed by atoms with Crippen LogP contribution in [-0.4, -0.2) is 22.2 Å². The van der Waals surface area contributed by atoms with E-state index in [0.717, 1.165) is 29.6 Å². The summed E-state index contributed by atoms with van der Waals surface area (Å²) in [4.78, 5) is 4.21. The summed E-state index contributed by atoms with van der Waals surface area (Å²) in [6.45, 7) is 0. The van der Waals surface area contributed by atoms with Gasteiger partial charge in [-0.15, -0.1) is 0 Å². The van der Waals surface area contributed by atoms with Gasteiger partial charge in [0.2, 0.25) is 0 Å². The van der Waals surface area contributed by atoms with E-state index in [4.69, 9.17) is 0 Å². The molecule has 14 heavy (non-hydrogen) atoms. The summed E-state index contributed by atoms with van der Waals surface area (Å²) in [7, 11) is 0. The van der Waals surface area contributed by atoms with Crippen molar-refractivity contribution in [2.45, 2.75) is 31.4 Å². The van der Waals surface area contributed by atoms with Crippen molar-refractivity contribution >= 4 is 21.7 Å². The van der Waals surface area contributed by atoms with Gasteiger partial charge in [-0.2, -0.15) is 0 Å². The molecule has 2 atom stereocenters. The molecule has 76 valence electrons. The van der Waals surface area contributed by atoms with Crippen molar-refractivity contribution in [3.8, 4) is 0 Å². The van der Waals surface area contributed by atoms with Gasteiger partial charge in [0, 0.05) is 10.7 Å². The second-order valence-corrected chi connectivity index (χ2v) is 4.53. The molecular weight excluding hydrogens is 244 g/mol. The highest BCUT2D eigenvalue weighted by Crippen LogP contribution is 2.22. The predicted octanol–water partition coefficient (Wildman–Crippen LogP) is 2.17. The Morgan fingerprint density at radius 2 is 2.29 bits per heavy atom. The average Bonchev–Trinajstić information content (AvgIpc) is 2.56. The Labute approximate surface area is 91.7 Å². The largest absolute Gasteiger partial charge is 0.391 e. The summed E-state index contributed by atoms with van der Waals surface area (Å²) in [5.74, 6) is 0.833. The number of pyridine rings is 1. The van der Waals surface area contributed by atoms with Crippen LogP contribution in [0.15, 0.2) is 22.8 Å². The molecule has 0 aromatic carbocycles. The van der Waals surface area contributed by atoms with Crippen molar-refractivity contribution in [2.75, 3.05) is 5.32 Å². The lowest BCUT2D eigenvalue weighted by molar-refractivity contribution is 0.171. The second kappa shape index (κ2) is 4.28. The third-order valence-corrected chi connectivity index (χ3v) is 3.01. The Kier molecular flexibility index (Phi) is 3.03. The van der Waals surface area contributed by atoms with Crippen LogP contribution in [0.25, 0.3) is 0 Å². The number of aliphatic hydroxyl groups is 1. The zero-order valence-corrected chi connectivity index (χ0v) is 9.37. The zero-order chi connectivity index (χ0) is 9.97. The number of aliphatic hydroxyl groups excluding tert-OH is 1. The molecule has 1 saturated carbocycles. The highest BCUT2D eigenvalue weighted by atomic mass is 79.9. The smallest absolute Gasteiger partial charge is 0.126 e. The normalized spacial score (nSPS) is 26.4. The first-order valence-electron chi connectivity index (χ1n) is 4.82. The Bertz CT molecular complexity index is 301. The number of nitrogens with zero attached hydrogens (tertiary/aromatic N) is 1. The summed E-state index contributed by atoms with van der Waals surface area (Å²) in [5, 5.41) is 12.8. The fourth-order valence-corrected chi connectivity index (χ4v) is 1.99. The molecule has 2 rings (SSSR count). The summed E-state index contributed by atoms with van der Waals surface area (Å²) in [5.41, 5.74) is 0. The second-order valence-electron chi connectivity index (χ2n) is 3.61. The molecule has 0 saturated heterocycles. The quantitative estimate of drug-likeness (QED) is 0.853. The molecule has 3 nitrogen and oxygen atoms in total. The summed E-state index contributed by atoms with van der Waals surface area (Å²) < 4.78 is 0.968. The van der Waals surface area contributed by atoms with Crippen LogP contribution in [0.2, 0.25) is 0 Å². The lowest BCUT2D eigenvalue weighted by Crippen LogP contribution is -2.28. The van der Waals surface area contributed by atoms with Gasteiger partial charge < -0.3 is 10.4 Å². The molecule has 1 fully saturated rings. The van der Waals surface area contributed by atoms with Crippen LogP contribution in [0.5, 0.6) is 0 Å². The summed E-state index contributed by atoms with van der Waals surface area (Å²) in [6.07, 6.45) is 4.55. The molecule has 1 aliphatic rings. The minimum Gasteiger partial charge on any atom is -0.391 e. The maximum atomic E-state index is 9.61. The maximum absolute atomic E-state index is 9.61. The van der Waals surface area contributed by atoms with Gasteiger partial charge in [-0.1, -0.05) is 0 Å². The van der Waals surface area contributed by atoms with Crippen molar-refractivity contribution in [2.24, 2.45) is 0 Å². The average molecular weight is 257 g/mol.